The molecule has 6 nitrogen and oxygen atoms in total. The Hall–Kier alpha value is -11.7. The molecule has 9 heteroatoms. The van der Waals surface area contributed by atoms with E-state index in [1.807, 2.05) is 58.5 Å². The molecule has 1 aliphatic rings. The molecular formula is C87H52N6S3. The van der Waals surface area contributed by atoms with E-state index < -0.39 is 5.41 Å². The molecule has 1 aliphatic carbocycles. The van der Waals surface area contributed by atoms with Crippen LogP contribution in [0.4, 0.5) is 0 Å². The van der Waals surface area contributed by atoms with E-state index in [9.17, 15) is 0 Å². The lowest BCUT2D eigenvalue weighted by molar-refractivity contribution is 0.768. The lowest BCUT2D eigenvalue weighted by atomic mass is 9.67. The highest BCUT2D eigenvalue weighted by Gasteiger charge is 2.46. The van der Waals surface area contributed by atoms with Crippen molar-refractivity contribution in [2.45, 2.75) is 5.41 Å². The summed E-state index contributed by atoms with van der Waals surface area (Å²) in [7, 11) is 0. The fourth-order valence-electron chi connectivity index (χ4n) is 15.5. The molecule has 0 unspecified atom stereocenters. The summed E-state index contributed by atoms with van der Waals surface area (Å²) < 4.78 is 12.2. The van der Waals surface area contributed by atoms with Gasteiger partial charge in [0.2, 0.25) is 11.9 Å². The molecule has 7 aromatic heterocycles. The Morgan fingerprint density at radius 2 is 0.729 bits per heavy atom. The lowest BCUT2D eigenvalue weighted by Crippen LogP contribution is -2.28. The molecule has 0 atom stereocenters. The fraction of sp³-hybridized carbons (Fsp3) is 0.0115. The van der Waals surface area contributed by atoms with Crippen LogP contribution in [0.25, 0.3) is 161 Å². The van der Waals surface area contributed by atoms with E-state index in [0.717, 1.165) is 44.6 Å². The van der Waals surface area contributed by atoms with Crippen LogP contribution in [0.1, 0.15) is 22.3 Å². The number of aromatic nitrogens is 6. The molecule has 0 spiro atoms. The smallest absolute Gasteiger partial charge is 0.235 e. The van der Waals surface area contributed by atoms with E-state index >= 15 is 0 Å². The van der Waals surface area contributed by atoms with Gasteiger partial charge in [-0.25, -0.2) is 19.9 Å². The molecule has 7 heterocycles. The van der Waals surface area contributed by atoms with Crippen molar-refractivity contribution in [2.75, 3.05) is 0 Å². The Bertz CT molecular complexity index is 6500. The number of benzene rings is 13. The van der Waals surface area contributed by atoms with Crippen molar-refractivity contribution in [3.63, 3.8) is 0 Å². The summed E-state index contributed by atoms with van der Waals surface area (Å²) in [4.78, 5) is 20.5. The Morgan fingerprint density at radius 1 is 0.271 bits per heavy atom. The van der Waals surface area contributed by atoms with Gasteiger partial charge in [-0.1, -0.05) is 243 Å². The van der Waals surface area contributed by atoms with Gasteiger partial charge in [0, 0.05) is 106 Å². The topological polar surface area (TPSA) is 61.4 Å². The van der Waals surface area contributed by atoms with Crippen LogP contribution in [0.2, 0.25) is 0 Å². The molecule has 0 saturated carbocycles. The minimum Gasteiger partial charge on any atom is -0.278 e. The van der Waals surface area contributed by atoms with Crippen molar-refractivity contribution in [1.29, 1.82) is 0 Å². The maximum atomic E-state index is 5.33. The van der Waals surface area contributed by atoms with Gasteiger partial charge in [0.25, 0.3) is 0 Å². The monoisotopic (exact) mass is 1280 g/mol. The second-order valence-electron chi connectivity index (χ2n) is 24.7. The number of hydrogen-bond acceptors (Lipinski definition) is 7. The van der Waals surface area contributed by atoms with E-state index in [1.165, 1.54) is 127 Å². The first-order chi connectivity index (χ1) is 47.6. The van der Waals surface area contributed by atoms with Gasteiger partial charge in [-0.15, -0.1) is 34.0 Å². The quantitative estimate of drug-likeness (QED) is 0.160. The van der Waals surface area contributed by atoms with Gasteiger partial charge in [0.05, 0.1) is 38.9 Å². The van der Waals surface area contributed by atoms with Gasteiger partial charge in [0.1, 0.15) is 0 Å². The van der Waals surface area contributed by atoms with Crippen molar-refractivity contribution in [2.24, 2.45) is 0 Å². The normalized spacial score (nSPS) is 12.7. The summed E-state index contributed by atoms with van der Waals surface area (Å²) in [5.74, 6) is 1.34. The van der Waals surface area contributed by atoms with Crippen LogP contribution in [0.3, 0.4) is 0 Å². The Morgan fingerprint density at radius 3 is 1.38 bits per heavy atom. The van der Waals surface area contributed by atoms with Gasteiger partial charge in [-0.2, -0.15) is 0 Å². The number of para-hydroxylation sites is 1. The second-order valence-corrected chi connectivity index (χ2v) is 27.9. The summed E-state index contributed by atoms with van der Waals surface area (Å²) in [5, 5.41) is 12.7. The summed E-state index contributed by atoms with van der Waals surface area (Å²) in [5.41, 5.74) is 17.9. The largest absolute Gasteiger partial charge is 0.278 e. The van der Waals surface area contributed by atoms with E-state index in [2.05, 4.69) is 300 Å². The van der Waals surface area contributed by atoms with Crippen molar-refractivity contribution < 1.29 is 0 Å². The van der Waals surface area contributed by atoms with Crippen LogP contribution >= 0.6 is 34.0 Å². The molecule has 0 aliphatic heterocycles. The molecule has 0 saturated heterocycles. The van der Waals surface area contributed by atoms with E-state index in [0.29, 0.717) is 11.9 Å². The van der Waals surface area contributed by atoms with Gasteiger partial charge >= 0.3 is 0 Å². The van der Waals surface area contributed by atoms with Crippen LogP contribution in [0.5, 0.6) is 0 Å². The third kappa shape index (κ3) is 8.21. The molecule has 0 radical (unpaired) electrons. The Labute approximate surface area is 563 Å². The van der Waals surface area contributed by atoms with Gasteiger partial charge in [0.15, 0.2) is 0 Å². The molecule has 0 N–H and O–H groups in total. The number of rotatable bonds is 7. The fourth-order valence-corrected chi connectivity index (χ4v) is 19.3. The molecule has 21 rings (SSSR count). The highest BCUT2D eigenvalue weighted by Crippen LogP contribution is 2.57. The first kappa shape index (κ1) is 54.8. The maximum absolute atomic E-state index is 5.33. The zero-order valence-corrected chi connectivity index (χ0v) is 53.9. The lowest BCUT2D eigenvalue weighted by Gasteiger charge is -2.34. The highest BCUT2D eigenvalue weighted by atomic mass is 32.1. The molecule has 0 amide bonds. The standard InChI is InChI=1S/C47H29N3S.C40H23N3S2/c1-3-13-31(14-4-1)47(32-15-5-2-6-16-32)38-20-10-7-17-33(38)34-24-23-30(29-39(34)47)40-27-28-48-46(49-40)50-41-21-11-8-19-37(41)44-42(50)26-25-36-35-18-9-12-22-43(35)51-45(36)44;1-2-9-24(10-3-1)25-17-18-31-34(23-25)43(33-20-19-29-27-12-5-7-16-36(27)45-39(29)37(31)33)40-41-22-21-32(42-40)30-14-8-13-28-26-11-4-6-15-35(26)44-38(28)30/h1-29H;1-23H. The average Bonchev–Trinajstić information content (AvgIpc) is 1.54. The Balaban J connectivity index is 0.000000132. The molecule has 96 heavy (non-hydrogen) atoms. The maximum Gasteiger partial charge on any atom is 0.235 e. The van der Waals surface area contributed by atoms with Gasteiger partial charge < -0.3 is 0 Å². The summed E-state index contributed by atoms with van der Waals surface area (Å²) in [6, 6.07) is 109. The molecule has 0 bridgehead atoms. The van der Waals surface area contributed by atoms with Crippen molar-refractivity contribution in [3.8, 4) is 56.7 Å². The zero-order valence-electron chi connectivity index (χ0n) is 51.4. The minimum atomic E-state index is -0.469. The van der Waals surface area contributed by atoms with Crippen LogP contribution in [0.15, 0.2) is 316 Å². The van der Waals surface area contributed by atoms with Crippen LogP contribution in [0, 0.1) is 0 Å². The minimum absolute atomic E-state index is 0.469. The van der Waals surface area contributed by atoms with Crippen molar-refractivity contribution in [3.05, 3.63) is 338 Å². The van der Waals surface area contributed by atoms with Crippen molar-refractivity contribution >= 4 is 138 Å². The van der Waals surface area contributed by atoms with Gasteiger partial charge in [-0.3, -0.25) is 9.13 Å². The predicted octanol–water partition coefficient (Wildman–Crippen LogP) is 23.6. The Kier molecular flexibility index (Phi) is 12.4. The number of nitrogens with zero attached hydrogens (tertiary/aromatic N) is 6. The summed E-state index contributed by atoms with van der Waals surface area (Å²) in [6.07, 6.45) is 3.81. The molecule has 13 aromatic carbocycles. The van der Waals surface area contributed by atoms with Crippen LogP contribution < -0.4 is 0 Å². The third-order valence-corrected chi connectivity index (χ3v) is 23.3. The SMILES string of the molecule is c1ccc(-c2ccc3c4c5sc6ccccc6c5ccc4n(-c4nccc(-c5cccc6c5sc5ccccc56)n4)c3c2)cc1.c1ccc(C2(c3ccccc3)c3ccccc3-c3ccc(-c4ccnc(-n5c6ccccc6c6c7sc8ccccc8c7ccc65)n4)cc32)cc1. The first-order valence-corrected chi connectivity index (χ1v) is 34.8. The molecule has 0 fully saturated rings. The summed E-state index contributed by atoms with van der Waals surface area (Å²) >= 11 is 5.56. The molecule has 448 valence electrons. The predicted molar refractivity (Wildman–Crippen MR) is 405 cm³/mol. The first-order valence-electron chi connectivity index (χ1n) is 32.3. The van der Waals surface area contributed by atoms with Crippen LogP contribution in [-0.2, 0) is 5.41 Å². The van der Waals surface area contributed by atoms with E-state index in [-0.39, 0.29) is 0 Å². The van der Waals surface area contributed by atoms with Gasteiger partial charge in [-0.05, 0) is 105 Å². The average molecular weight is 1280 g/mol. The molecule has 20 aromatic rings. The third-order valence-electron chi connectivity index (χ3n) is 19.7. The zero-order chi connectivity index (χ0) is 63.0. The molecular weight excluding hydrogens is 1230 g/mol. The van der Waals surface area contributed by atoms with E-state index in [1.54, 1.807) is 0 Å². The van der Waals surface area contributed by atoms with E-state index in [4.69, 9.17) is 19.9 Å². The highest BCUT2D eigenvalue weighted by molar-refractivity contribution is 7.27. The number of fused-ring (bicyclic) bond motifs is 20. The second kappa shape index (κ2) is 21.7. The van der Waals surface area contributed by atoms with Crippen LogP contribution in [-0.4, -0.2) is 29.1 Å². The summed E-state index contributed by atoms with van der Waals surface area (Å²) in [6.45, 7) is 0. The number of thiophene rings is 3. The number of hydrogen-bond donors (Lipinski definition) is 0. The van der Waals surface area contributed by atoms with Crippen molar-refractivity contribution in [1.82, 2.24) is 29.1 Å².